The summed E-state index contributed by atoms with van der Waals surface area (Å²) in [6, 6.07) is 8.06. The number of carbonyl (C=O) groups is 1. The zero-order valence-corrected chi connectivity index (χ0v) is 16.5. The first-order valence-corrected chi connectivity index (χ1v) is 10.2. The lowest BCUT2D eigenvalue weighted by molar-refractivity contribution is -0.116. The maximum Gasteiger partial charge on any atom is 0.244 e. The van der Waals surface area contributed by atoms with Crippen molar-refractivity contribution in [3.63, 3.8) is 0 Å². The van der Waals surface area contributed by atoms with E-state index in [1.54, 1.807) is 17.4 Å². The van der Waals surface area contributed by atoms with Gasteiger partial charge < -0.3 is 10.2 Å². The largest absolute Gasteiger partial charge is 0.357 e. The molecule has 0 saturated carbocycles. The van der Waals surface area contributed by atoms with Crippen LogP contribution < -0.4 is 10.2 Å². The molecule has 6 heteroatoms. The number of nitrogens with one attached hydrogen (secondary N) is 1. The van der Waals surface area contributed by atoms with Crippen LogP contribution in [0.1, 0.15) is 36.1 Å². The van der Waals surface area contributed by atoms with Crippen LogP contribution in [0.3, 0.4) is 0 Å². The molecule has 1 aliphatic heterocycles. The van der Waals surface area contributed by atoms with Crippen LogP contribution in [0.25, 0.3) is 6.08 Å². The topological polar surface area (TPSA) is 45.2 Å². The van der Waals surface area contributed by atoms with Crippen molar-refractivity contribution in [1.29, 1.82) is 0 Å². The summed E-state index contributed by atoms with van der Waals surface area (Å²) in [7, 11) is 0. The summed E-state index contributed by atoms with van der Waals surface area (Å²) < 4.78 is 1.06. The van der Waals surface area contributed by atoms with E-state index in [2.05, 4.69) is 37.2 Å². The van der Waals surface area contributed by atoms with Gasteiger partial charge in [-0.2, -0.15) is 0 Å². The Morgan fingerprint density at radius 3 is 2.64 bits per heavy atom. The van der Waals surface area contributed by atoms with Gasteiger partial charge in [0.2, 0.25) is 5.91 Å². The Bertz CT molecular complexity index is 719. The number of pyridine rings is 1. The second kappa shape index (κ2) is 9.15. The first-order valence-electron chi connectivity index (χ1n) is 8.62. The number of hydrogen-bond donors (Lipinski definition) is 1. The van der Waals surface area contributed by atoms with Gasteiger partial charge in [0.25, 0.3) is 0 Å². The number of anilines is 1. The van der Waals surface area contributed by atoms with Crippen LogP contribution in [0, 0.1) is 0 Å². The Hall–Kier alpha value is -1.66. The number of aromatic nitrogens is 1. The highest BCUT2D eigenvalue weighted by molar-refractivity contribution is 9.11. The molecule has 1 saturated heterocycles. The lowest BCUT2D eigenvalue weighted by Gasteiger charge is -2.21. The molecule has 0 bridgehead atoms. The van der Waals surface area contributed by atoms with Crippen LogP contribution in [-0.2, 0) is 11.3 Å². The van der Waals surface area contributed by atoms with Gasteiger partial charge in [-0.25, -0.2) is 4.98 Å². The molecule has 0 atom stereocenters. The van der Waals surface area contributed by atoms with E-state index in [9.17, 15) is 4.79 Å². The van der Waals surface area contributed by atoms with Gasteiger partial charge in [-0.3, -0.25) is 4.79 Å². The fourth-order valence-corrected chi connectivity index (χ4v) is 4.16. The predicted octanol–water partition coefficient (Wildman–Crippen LogP) is 4.62. The van der Waals surface area contributed by atoms with Gasteiger partial charge in [0.15, 0.2) is 0 Å². The van der Waals surface area contributed by atoms with Crippen LogP contribution in [-0.4, -0.2) is 24.0 Å². The molecular weight excluding hydrogens is 398 g/mol. The smallest absolute Gasteiger partial charge is 0.244 e. The number of halogens is 1. The second-order valence-corrected chi connectivity index (χ2v) is 8.61. The summed E-state index contributed by atoms with van der Waals surface area (Å²) in [5.41, 5.74) is 1.01. The highest BCUT2D eigenvalue weighted by atomic mass is 79.9. The van der Waals surface area contributed by atoms with Gasteiger partial charge in [-0.1, -0.05) is 18.9 Å². The summed E-state index contributed by atoms with van der Waals surface area (Å²) in [4.78, 5) is 19.9. The maximum atomic E-state index is 11.9. The number of rotatable bonds is 5. The highest BCUT2D eigenvalue weighted by Crippen LogP contribution is 2.23. The third kappa shape index (κ3) is 5.68. The number of hydrogen-bond acceptors (Lipinski definition) is 4. The monoisotopic (exact) mass is 419 g/mol. The van der Waals surface area contributed by atoms with Crippen LogP contribution in [0.5, 0.6) is 0 Å². The Labute approximate surface area is 161 Å². The molecule has 25 heavy (non-hydrogen) atoms. The van der Waals surface area contributed by atoms with Gasteiger partial charge in [-0.15, -0.1) is 11.3 Å². The normalized spacial score (nSPS) is 15.3. The van der Waals surface area contributed by atoms with Gasteiger partial charge >= 0.3 is 0 Å². The summed E-state index contributed by atoms with van der Waals surface area (Å²) in [5.74, 6) is 0.946. The van der Waals surface area contributed by atoms with E-state index >= 15 is 0 Å². The van der Waals surface area contributed by atoms with E-state index in [1.807, 2.05) is 30.5 Å². The molecule has 3 heterocycles. The van der Waals surface area contributed by atoms with Crippen molar-refractivity contribution in [1.82, 2.24) is 10.3 Å². The lowest BCUT2D eigenvalue weighted by Crippen LogP contribution is -2.25. The first-order chi connectivity index (χ1) is 12.2. The average Bonchev–Trinajstić information content (AvgIpc) is 2.87. The van der Waals surface area contributed by atoms with Crippen molar-refractivity contribution >= 4 is 45.1 Å². The molecule has 4 nitrogen and oxygen atoms in total. The van der Waals surface area contributed by atoms with E-state index in [4.69, 9.17) is 0 Å². The maximum absolute atomic E-state index is 11.9. The van der Waals surface area contributed by atoms with Crippen molar-refractivity contribution in [2.24, 2.45) is 0 Å². The molecule has 1 aliphatic rings. The van der Waals surface area contributed by atoms with Gasteiger partial charge in [-0.05, 0) is 58.6 Å². The fraction of sp³-hybridized carbons (Fsp3) is 0.368. The van der Waals surface area contributed by atoms with Gasteiger partial charge in [0, 0.05) is 36.8 Å². The molecule has 0 aliphatic carbocycles. The number of nitrogens with zero attached hydrogens (tertiary/aromatic N) is 2. The van der Waals surface area contributed by atoms with Crippen molar-refractivity contribution in [3.05, 3.63) is 50.8 Å². The standard InChI is InChI=1S/C19H22BrN3OS/c20-17-8-6-16(25-17)7-10-19(24)22-14-15-5-9-18(21-13-15)23-11-3-1-2-4-12-23/h5-10,13H,1-4,11-12,14H2,(H,22,24)/b10-7+. The minimum Gasteiger partial charge on any atom is -0.357 e. The molecule has 3 rings (SSSR count). The molecule has 0 aromatic carbocycles. The average molecular weight is 420 g/mol. The zero-order chi connectivity index (χ0) is 17.5. The Morgan fingerprint density at radius 1 is 1.20 bits per heavy atom. The molecule has 2 aromatic rings. The summed E-state index contributed by atoms with van der Waals surface area (Å²) in [6.07, 6.45) is 10.4. The van der Waals surface area contributed by atoms with E-state index in [1.165, 1.54) is 25.7 Å². The molecular formula is C19H22BrN3OS. The molecule has 1 amide bonds. The summed E-state index contributed by atoms with van der Waals surface area (Å²) in [5, 5.41) is 2.90. The van der Waals surface area contributed by atoms with E-state index < -0.39 is 0 Å². The third-order valence-corrected chi connectivity index (χ3v) is 5.79. The van der Waals surface area contributed by atoms with Crippen molar-refractivity contribution in [3.8, 4) is 0 Å². The highest BCUT2D eigenvalue weighted by Gasteiger charge is 2.10. The second-order valence-electron chi connectivity index (χ2n) is 6.12. The number of amides is 1. The minimum absolute atomic E-state index is 0.0962. The SMILES string of the molecule is O=C(/C=C/c1ccc(Br)s1)NCc1ccc(N2CCCCCC2)nc1. The Kier molecular flexibility index (Phi) is 6.64. The summed E-state index contributed by atoms with van der Waals surface area (Å²) >= 11 is 5.01. The van der Waals surface area contributed by atoms with Crippen LogP contribution >= 0.6 is 27.3 Å². The number of thiophene rings is 1. The fourth-order valence-electron chi connectivity index (χ4n) is 2.83. The quantitative estimate of drug-likeness (QED) is 0.719. The lowest BCUT2D eigenvalue weighted by atomic mass is 10.2. The first kappa shape index (κ1) is 18.1. The van der Waals surface area contributed by atoms with Gasteiger partial charge in [0.05, 0.1) is 3.79 Å². The zero-order valence-electron chi connectivity index (χ0n) is 14.1. The minimum atomic E-state index is -0.0962. The molecule has 1 fully saturated rings. The van der Waals surface area contributed by atoms with E-state index in [-0.39, 0.29) is 5.91 Å². The Morgan fingerprint density at radius 2 is 2.00 bits per heavy atom. The molecule has 0 unspecified atom stereocenters. The third-order valence-electron chi connectivity index (χ3n) is 4.20. The summed E-state index contributed by atoms with van der Waals surface area (Å²) in [6.45, 7) is 2.67. The molecule has 0 radical (unpaired) electrons. The van der Waals surface area contributed by atoms with Crippen molar-refractivity contribution in [2.75, 3.05) is 18.0 Å². The Balaban J connectivity index is 1.49. The van der Waals surface area contributed by atoms with Crippen LogP contribution in [0.2, 0.25) is 0 Å². The molecule has 2 aromatic heterocycles. The van der Waals surface area contributed by atoms with Crippen molar-refractivity contribution in [2.45, 2.75) is 32.2 Å². The predicted molar refractivity (Wildman–Crippen MR) is 108 cm³/mol. The molecule has 1 N–H and O–H groups in total. The van der Waals surface area contributed by atoms with E-state index in [0.717, 1.165) is 33.1 Å². The van der Waals surface area contributed by atoms with Crippen LogP contribution in [0.15, 0.2) is 40.3 Å². The van der Waals surface area contributed by atoms with Gasteiger partial charge in [0.1, 0.15) is 5.82 Å². The molecule has 132 valence electrons. The number of carbonyl (C=O) groups excluding carboxylic acids is 1. The van der Waals surface area contributed by atoms with Crippen LogP contribution in [0.4, 0.5) is 5.82 Å². The van der Waals surface area contributed by atoms with Crippen molar-refractivity contribution < 1.29 is 4.79 Å². The molecule has 0 spiro atoms. The van der Waals surface area contributed by atoms with E-state index in [0.29, 0.717) is 6.54 Å².